The Labute approximate surface area is 151 Å². The van der Waals surface area contributed by atoms with Crippen molar-refractivity contribution in [1.82, 2.24) is 24.6 Å². The monoisotopic (exact) mass is 359 g/mol. The van der Waals surface area contributed by atoms with Gasteiger partial charge in [0.1, 0.15) is 12.1 Å². The zero-order chi connectivity index (χ0) is 18.1. The molecule has 0 N–H and O–H groups in total. The first-order valence-corrected chi connectivity index (χ1v) is 8.84. The smallest absolute Gasteiger partial charge is 0.293 e. The molecule has 2 saturated heterocycles. The third-order valence-electron chi connectivity index (χ3n) is 5.09. The predicted octanol–water partition coefficient (Wildman–Crippen LogP) is 1.07. The van der Waals surface area contributed by atoms with Gasteiger partial charge in [-0.05, 0) is 12.5 Å². The molecule has 0 unspecified atom stereocenters. The van der Waals surface area contributed by atoms with E-state index in [0.717, 1.165) is 19.5 Å². The summed E-state index contributed by atoms with van der Waals surface area (Å²) in [6.07, 6.45) is 2.43. The summed E-state index contributed by atoms with van der Waals surface area (Å²) in [5.74, 6) is -0.116. The molecule has 0 radical (unpaired) electrons. The number of aromatic nitrogens is 3. The second kappa shape index (κ2) is 7.13. The van der Waals surface area contributed by atoms with Gasteiger partial charge in [-0.1, -0.05) is 18.2 Å². The first kappa shape index (κ1) is 17.1. The fourth-order valence-corrected chi connectivity index (χ4v) is 3.70. The topological polar surface area (TPSA) is 63.5 Å². The highest BCUT2D eigenvalue weighted by Crippen LogP contribution is 2.25. The van der Waals surface area contributed by atoms with Gasteiger partial charge in [0.25, 0.3) is 5.91 Å². The Balaban J connectivity index is 1.33. The van der Waals surface area contributed by atoms with Gasteiger partial charge < -0.3 is 9.64 Å². The van der Waals surface area contributed by atoms with Gasteiger partial charge in [-0.25, -0.2) is 9.37 Å². The summed E-state index contributed by atoms with van der Waals surface area (Å²) in [5, 5.41) is 4.10. The van der Waals surface area contributed by atoms with E-state index in [1.54, 1.807) is 19.2 Å². The molecule has 2 aromatic rings. The number of ether oxygens (including phenoxy) is 1. The van der Waals surface area contributed by atoms with Crippen LogP contribution in [-0.2, 0) is 18.4 Å². The van der Waals surface area contributed by atoms with E-state index in [-0.39, 0.29) is 36.3 Å². The summed E-state index contributed by atoms with van der Waals surface area (Å²) >= 11 is 0. The summed E-state index contributed by atoms with van der Waals surface area (Å²) < 4.78 is 21.2. The van der Waals surface area contributed by atoms with Crippen LogP contribution in [0.4, 0.5) is 4.39 Å². The first-order chi connectivity index (χ1) is 12.6. The number of nitrogens with zero attached hydrogens (tertiary/aromatic N) is 5. The molecule has 0 aliphatic carbocycles. The van der Waals surface area contributed by atoms with Crippen LogP contribution in [0.3, 0.4) is 0 Å². The minimum atomic E-state index is -0.233. The van der Waals surface area contributed by atoms with Crippen LogP contribution in [-0.4, -0.2) is 68.8 Å². The summed E-state index contributed by atoms with van der Waals surface area (Å²) in [4.78, 5) is 20.7. The van der Waals surface area contributed by atoms with Crippen molar-refractivity contribution in [1.29, 1.82) is 0 Å². The molecule has 138 valence electrons. The van der Waals surface area contributed by atoms with E-state index < -0.39 is 0 Å². The molecule has 1 aromatic carbocycles. The maximum atomic E-state index is 13.7. The first-order valence-electron chi connectivity index (χ1n) is 8.84. The van der Waals surface area contributed by atoms with Crippen molar-refractivity contribution in [3.63, 3.8) is 0 Å². The fraction of sp³-hybridized carbons (Fsp3) is 0.500. The molecule has 0 bridgehead atoms. The molecule has 2 aliphatic rings. The maximum absolute atomic E-state index is 13.7. The Morgan fingerprint density at radius 3 is 2.92 bits per heavy atom. The molecule has 2 aliphatic heterocycles. The van der Waals surface area contributed by atoms with Crippen LogP contribution in [0.15, 0.2) is 30.6 Å². The van der Waals surface area contributed by atoms with E-state index in [0.29, 0.717) is 18.7 Å². The number of hydrogen-bond donors (Lipinski definition) is 0. The summed E-state index contributed by atoms with van der Waals surface area (Å²) in [5.41, 5.74) is 0.579. The fourth-order valence-electron chi connectivity index (χ4n) is 3.70. The highest BCUT2D eigenvalue weighted by Gasteiger charge is 2.38. The molecule has 4 rings (SSSR count). The van der Waals surface area contributed by atoms with Gasteiger partial charge in [-0.3, -0.25) is 14.4 Å². The molecular formula is C18H22FN5O2. The van der Waals surface area contributed by atoms with E-state index in [2.05, 4.69) is 15.0 Å². The largest absolute Gasteiger partial charge is 0.372 e. The van der Waals surface area contributed by atoms with E-state index in [4.69, 9.17) is 4.74 Å². The molecule has 3 heterocycles. The number of carbonyl (C=O) groups excluding carboxylic acids is 1. The van der Waals surface area contributed by atoms with Crippen LogP contribution in [0.5, 0.6) is 0 Å². The van der Waals surface area contributed by atoms with Crippen LogP contribution in [0.1, 0.15) is 22.6 Å². The lowest BCUT2D eigenvalue weighted by atomic mass is 10.1. The molecular weight excluding hydrogens is 337 g/mol. The van der Waals surface area contributed by atoms with Crippen LogP contribution in [0, 0.1) is 5.82 Å². The zero-order valence-electron chi connectivity index (χ0n) is 14.7. The van der Waals surface area contributed by atoms with Crippen LogP contribution < -0.4 is 0 Å². The second-order valence-corrected chi connectivity index (χ2v) is 6.90. The lowest BCUT2D eigenvalue weighted by Gasteiger charge is -2.36. The maximum Gasteiger partial charge on any atom is 0.293 e. The van der Waals surface area contributed by atoms with Crippen molar-refractivity contribution in [2.75, 3.05) is 26.2 Å². The van der Waals surface area contributed by atoms with Gasteiger partial charge in [0.05, 0.1) is 12.7 Å². The van der Waals surface area contributed by atoms with Gasteiger partial charge in [-0.2, -0.15) is 0 Å². The summed E-state index contributed by atoms with van der Waals surface area (Å²) in [6, 6.07) is 6.96. The molecule has 26 heavy (non-hydrogen) atoms. The average Bonchev–Trinajstić information content (AvgIpc) is 3.25. The molecule has 2 fully saturated rings. The standard InChI is InChI=1S/C18H22FN5O2/c1-22-12-20-17(21-22)18(25)24-7-6-23-10-15(8-14(23)9-24)26-11-13-4-2-3-5-16(13)19/h2-5,12,14-15H,6-11H2,1H3/t14-,15+/m0/s1. The number of piperazine rings is 1. The van der Waals surface area contributed by atoms with Gasteiger partial charge in [0, 0.05) is 44.8 Å². The van der Waals surface area contributed by atoms with Crippen molar-refractivity contribution >= 4 is 5.91 Å². The van der Waals surface area contributed by atoms with Crippen molar-refractivity contribution in [2.45, 2.75) is 25.2 Å². The van der Waals surface area contributed by atoms with Crippen molar-refractivity contribution in [3.8, 4) is 0 Å². The summed E-state index contributed by atoms with van der Waals surface area (Å²) in [7, 11) is 1.75. The SMILES string of the molecule is Cn1cnc(C(=O)N2CCN3C[C@H](OCc4ccccc4F)C[C@H]3C2)n1. The lowest BCUT2D eigenvalue weighted by Crippen LogP contribution is -2.52. The highest BCUT2D eigenvalue weighted by atomic mass is 19.1. The summed E-state index contributed by atoms with van der Waals surface area (Å²) in [6.45, 7) is 3.22. The van der Waals surface area contributed by atoms with Crippen LogP contribution in [0.2, 0.25) is 0 Å². The molecule has 1 amide bonds. The van der Waals surface area contributed by atoms with Gasteiger partial charge in [-0.15, -0.1) is 5.10 Å². The van der Waals surface area contributed by atoms with Crippen LogP contribution >= 0.6 is 0 Å². The quantitative estimate of drug-likeness (QED) is 0.817. The third-order valence-corrected chi connectivity index (χ3v) is 5.09. The second-order valence-electron chi connectivity index (χ2n) is 6.90. The van der Waals surface area contributed by atoms with Crippen molar-refractivity contribution < 1.29 is 13.9 Å². The average molecular weight is 359 g/mol. The number of aryl methyl sites for hydroxylation is 1. The Bertz CT molecular complexity index is 795. The molecule has 1 aromatic heterocycles. The van der Waals surface area contributed by atoms with Gasteiger partial charge >= 0.3 is 0 Å². The molecule has 8 heteroatoms. The normalized spacial score (nSPS) is 23.2. The Hall–Kier alpha value is -2.32. The predicted molar refractivity (Wildman–Crippen MR) is 91.9 cm³/mol. The zero-order valence-corrected chi connectivity index (χ0v) is 14.7. The number of benzene rings is 1. The number of amides is 1. The Morgan fingerprint density at radius 2 is 2.15 bits per heavy atom. The van der Waals surface area contributed by atoms with Gasteiger partial charge in [0.15, 0.2) is 0 Å². The number of halogens is 1. The van der Waals surface area contributed by atoms with E-state index in [1.165, 1.54) is 17.1 Å². The third kappa shape index (κ3) is 3.47. The Morgan fingerprint density at radius 1 is 1.31 bits per heavy atom. The molecule has 7 nitrogen and oxygen atoms in total. The van der Waals surface area contributed by atoms with E-state index in [1.807, 2.05) is 11.0 Å². The molecule has 0 saturated carbocycles. The Kier molecular flexibility index (Phi) is 4.69. The minimum absolute atomic E-state index is 0.0580. The van der Waals surface area contributed by atoms with E-state index >= 15 is 0 Å². The minimum Gasteiger partial charge on any atom is -0.372 e. The van der Waals surface area contributed by atoms with E-state index in [9.17, 15) is 9.18 Å². The molecule has 2 atom stereocenters. The van der Waals surface area contributed by atoms with Crippen molar-refractivity contribution in [3.05, 3.63) is 47.8 Å². The molecule has 0 spiro atoms. The highest BCUT2D eigenvalue weighted by molar-refractivity contribution is 5.90. The number of fused-ring (bicyclic) bond motifs is 1. The number of carbonyl (C=O) groups is 1. The van der Waals surface area contributed by atoms with Crippen LogP contribution in [0.25, 0.3) is 0 Å². The number of rotatable bonds is 4. The van der Waals surface area contributed by atoms with Gasteiger partial charge in [0.2, 0.25) is 5.82 Å². The van der Waals surface area contributed by atoms with Crippen molar-refractivity contribution in [2.24, 2.45) is 7.05 Å². The number of hydrogen-bond acceptors (Lipinski definition) is 5. The lowest BCUT2D eigenvalue weighted by molar-refractivity contribution is 0.0437.